The number of hydrogen-bond donors (Lipinski definition) is 2. The van der Waals surface area contributed by atoms with Gasteiger partial charge in [0.25, 0.3) is 5.91 Å². The average Bonchev–Trinajstić information content (AvgIpc) is 2.83. The summed E-state index contributed by atoms with van der Waals surface area (Å²) in [6.07, 6.45) is 3.31. The van der Waals surface area contributed by atoms with Gasteiger partial charge in [-0.15, -0.1) is 0 Å². The Bertz CT molecular complexity index is 772. The highest BCUT2D eigenvalue weighted by Crippen LogP contribution is 2.38. The van der Waals surface area contributed by atoms with Crippen molar-refractivity contribution in [3.63, 3.8) is 0 Å². The van der Waals surface area contributed by atoms with Crippen molar-refractivity contribution in [3.05, 3.63) is 29.0 Å². The second-order valence-corrected chi connectivity index (χ2v) is 7.42. The maximum Gasteiger partial charge on any atom is 0.325 e. The molecule has 1 saturated carbocycles. The number of anilines is 1. The standard InChI is InChI=1S/C18H21ClFN3O3/c1-10-5-3-4-8-18(10)16(25)23(17(26)22-18)11(2)15(24)21-14-7-6-12(20)9-13(14)19/h6-7,9-11H,3-5,8H2,1-2H3,(H,21,24)(H,22,26)/t10-,11-,18+/m0/s1. The highest BCUT2D eigenvalue weighted by atomic mass is 35.5. The summed E-state index contributed by atoms with van der Waals surface area (Å²) >= 11 is 5.92. The molecule has 140 valence electrons. The number of carbonyl (C=O) groups excluding carboxylic acids is 3. The van der Waals surface area contributed by atoms with Crippen molar-refractivity contribution >= 4 is 35.1 Å². The lowest BCUT2D eigenvalue weighted by Crippen LogP contribution is -2.54. The Hall–Kier alpha value is -2.15. The van der Waals surface area contributed by atoms with Gasteiger partial charge in [-0.25, -0.2) is 14.1 Å². The SMILES string of the molecule is C[C@@H](C(=O)Nc1ccc(F)cc1Cl)N1C(=O)N[C@@]2(CCCC[C@@H]2C)C1=O. The van der Waals surface area contributed by atoms with Crippen LogP contribution in [0.1, 0.15) is 39.5 Å². The molecule has 0 unspecified atom stereocenters. The molecule has 1 heterocycles. The fourth-order valence-corrected chi connectivity index (χ4v) is 3.97. The molecule has 0 bridgehead atoms. The van der Waals surface area contributed by atoms with E-state index in [2.05, 4.69) is 10.6 Å². The molecular formula is C18H21ClFN3O3. The van der Waals surface area contributed by atoms with Gasteiger partial charge in [-0.1, -0.05) is 31.4 Å². The summed E-state index contributed by atoms with van der Waals surface area (Å²) in [7, 11) is 0. The van der Waals surface area contributed by atoms with E-state index < -0.39 is 29.3 Å². The molecule has 3 atom stereocenters. The Morgan fingerprint density at radius 2 is 2.15 bits per heavy atom. The van der Waals surface area contributed by atoms with E-state index in [9.17, 15) is 18.8 Å². The molecule has 8 heteroatoms. The topological polar surface area (TPSA) is 78.5 Å². The third-order valence-corrected chi connectivity index (χ3v) is 5.72. The van der Waals surface area contributed by atoms with E-state index >= 15 is 0 Å². The largest absolute Gasteiger partial charge is 0.325 e. The van der Waals surface area contributed by atoms with Gasteiger partial charge in [0.05, 0.1) is 10.7 Å². The maximum atomic E-state index is 13.1. The van der Waals surface area contributed by atoms with Gasteiger partial charge < -0.3 is 10.6 Å². The van der Waals surface area contributed by atoms with Crippen LogP contribution in [0.3, 0.4) is 0 Å². The number of benzene rings is 1. The second kappa shape index (κ2) is 6.87. The number of carbonyl (C=O) groups is 3. The molecule has 1 aromatic rings. The predicted octanol–water partition coefficient (Wildman–Crippen LogP) is 3.31. The van der Waals surface area contributed by atoms with Gasteiger partial charge in [-0.05, 0) is 43.9 Å². The zero-order chi connectivity index (χ0) is 19.1. The normalized spacial score (nSPS) is 26.8. The van der Waals surface area contributed by atoms with Gasteiger partial charge in [0.2, 0.25) is 5.91 Å². The Morgan fingerprint density at radius 3 is 2.81 bits per heavy atom. The first-order chi connectivity index (χ1) is 12.3. The zero-order valence-electron chi connectivity index (χ0n) is 14.6. The molecule has 3 rings (SSSR count). The van der Waals surface area contributed by atoms with Crippen molar-refractivity contribution in [2.45, 2.75) is 51.1 Å². The maximum absolute atomic E-state index is 13.1. The number of urea groups is 1. The van der Waals surface area contributed by atoms with Crippen LogP contribution in [0.2, 0.25) is 5.02 Å². The Kier molecular flexibility index (Phi) is 4.92. The minimum absolute atomic E-state index is 0.0134. The lowest BCUT2D eigenvalue weighted by molar-refractivity contribution is -0.138. The van der Waals surface area contributed by atoms with Crippen LogP contribution in [0.15, 0.2) is 18.2 Å². The van der Waals surface area contributed by atoms with Gasteiger partial charge in [-0.2, -0.15) is 0 Å². The number of nitrogens with zero attached hydrogens (tertiary/aromatic N) is 1. The van der Waals surface area contributed by atoms with Crippen molar-refractivity contribution in [2.75, 3.05) is 5.32 Å². The van der Waals surface area contributed by atoms with Crippen molar-refractivity contribution in [1.29, 1.82) is 0 Å². The highest BCUT2D eigenvalue weighted by Gasteiger charge is 2.56. The summed E-state index contributed by atoms with van der Waals surface area (Å²) in [6.45, 7) is 3.43. The molecule has 1 spiro atoms. The molecule has 2 aliphatic rings. The van der Waals surface area contributed by atoms with E-state index in [1.165, 1.54) is 19.1 Å². The van der Waals surface area contributed by atoms with Gasteiger partial charge in [0.15, 0.2) is 0 Å². The number of nitrogens with one attached hydrogen (secondary N) is 2. The van der Waals surface area contributed by atoms with E-state index in [1.54, 1.807) is 0 Å². The van der Waals surface area contributed by atoms with Crippen molar-refractivity contribution in [2.24, 2.45) is 5.92 Å². The number of rotatable bonds is 3. The number of halogens is 2. The van der Waals surface area contributed by atoms with Crippen LogP contribution in [0.4, 0.5) is 14.9 Å². The highest BCUT2D eigenvalue weighted by molar-refractivity contribution is 6.33. The molecule has 6 nitrogen and oxygen atoms in total. The summed E-state index contributed by atoms with van der Waals surface area (Å²) in [5.74, 6) is -1.44. The van der Waals surface area contributed by atoms with E-state index in [1.807, 2.05) is 6.92 Å². The number of amides is 4. The summed E-state index contributed by atoms with van der Waals surface area (Å²) in [5, 5.41) is 5.41. The summed E-state index contributed by atoms with van der Waals surface area (Å²) < 4.78 is 13.1. The first-order valence-electron chi connectivity index (χ1n) is 8.68. The van der Waals surface area contributed by atoms with Gasteiger partial charge in [0.1, 0.15) is 17.4 Å². The van der Waals surface area contributed by atoms with Crippen LogP contribution in [-0.4, -0.2) is 34.3 Å². The van der Waals surface area contributed by atoms with E-state index in [-0.39, 0.29) is 22.5 Å². The fraction of sp³-hybridized carbons (Fsp3) is 0.500. The van der Waals surface area contributed by atoms with Crippen LogP contribution in [-0.2, 0) is 9.59 Å². The zero-order valence-corrected chi connectivity index (χ0v) is 15.4. The molecule has 1 aliphatic heterocycles. The molecule has 26 heavy (non-hydrogen) atoms. The molecule has 1 aliphatic carbocycles. The first-order valence-corrected chi connectivity index (χ1v) is 9.06. The third kappa shape index (κ3) is 3.05. The van der Waals surface area contributed by atoms with E-state index in [4.69, 9.17) is 11.6 Å². The quantitative estimate of drug-likeness (QED) is 0.788. The molecule has 2 N–H and O–H groups in total. The number of hydrogen-bond acceptors (Lipinski definition) is 3. The van der Waals surface area contributed by atoms with Crippen molar-refractivity contribution in [3.8, 4) is 0 Å². The molecule has 1 saturated heterocycles. The van der Waals surface area contributed by atoms with Crippen LogP contribution < -0.4 is 10.6 Å². The van der Waals surface area contributed by atoms with Crippen LogP contribution in [0.5, 0.6) is 0 Å². The summed E-state index contributed by atoms with van der Waals surface area (Å²) in [5.41, 5.74) is -0.699. The third-order valence-electron chi connectivity index (χ3n) is 5.40. The minimum atomic E-state index is -1.02. The fourth-order valence-electron chi connectivity index (χ4n) is 3.76. The molecule has 2 fully saturated rings. The molecule has 0 aromatic heterocycles. The smallest absolute Gasteiger partial charge is 0.323 e. The van der Waals surface area contributed by atoms with E-state index in [0.717, 1.165) is 30.2 Å². The average molecular weight is 382 g/mol. The van der Waals surface area contributed by atoms with Gasteiger partial charge >= 0.3 is 6.03 Å². The van der Waals surface area contributed by atoms with Gasteiger partial charge in [-0.3, -0.25) is 9.59 Å². The lowest BCUT2D eigenvalue weighted by atomic mass is 9.73. The van der Waals surface area contributed by atoms with E-state index in [0.29, 0.717) is 6.42 Å². The molecule has 4 amide bonds. The van der Waals surface area contributed by atoms with Gasteiger partial charge in [0, 0.05) is 0 Å². The van der Waals surface area contributed by atoms with Crippen molar-refractivity contribution in [1.82, 2.24) is 10.2 Å². The van der Waals surface area contributed by atoms with Crippen LogP contribution in [0.25, 0.3) is 0 Å². The Balaban J connectivity index is 1.78. The molecule has 0 radical (unpaired) electrons. The second-order valence-electron chi connectivity index (χ2n) is 7.01. The monoisotopic (exact) mass is 381 g/mol. The predicted molar refractivity (Wildman–Crippen MR) is 95.2 cm³/mol. The van der Waals surface area contributed by atoms with Crippen molar-refractivity contribution < 1.29 is 18.8 Å². The Morgan fingerprint density at radius 1 is 1.42 bits per heavy atom. The first kappa shape index (κ1) is 18.6. The summed E-state index contributed by atoms with van der Waals surface area (Å²) in [4.78, 5) is 39.0. The summed E-state index contributed by atoms with van der Waals surface area (Å²) in [6, 6.07) is 2.00. The number of imide groups is 1. The lowest BCUT2D eigenvalue weighted by Gasteiger charge is -2.37. The molecule has 1 aromatic carbocycles. The Labute approximate surface area is 156 Å². The van der Waals surface area contributed by atoms with Crippen LogP contribution >= 0.6 is 11.6 Å². The minimum Gasteiger partial charge on any atom is -0.323 e. The van der Waals surface area contributed by atoms with Crippen LogP contribution in [0, 0.1) is 11.7 Å². The molecular weight excluding hydrogens is 361 g/mol.